The molecule has 2 N–H and O–H groups in total. The zero-order valence-electron chi connectivity index (χ0n) is 11.1. The number of benzene rings is 1. The van der Waals surface area contributed by atoms with Crippen molar-refractivity contribution in [3.63, 3.8) is 0 Å². The monoisotopic (exact) mass is 276 g/mol. The molecule has 6 nitrogen and oxygen atoms in total. The van der Waals surface area contributed by atoms with Crippen LogP contribution in [0.15, 0.2) is 23.0 Å². The summed E-state index contributed by atoms with van der Waals surface area (Å²) < 4.78 is 7.07. The van der Waals surface area contributed by atoms with Gasteiger partial charge >= 0.3 is 11.7 Å². The summed E-state index contributed by atoms with van der Waals surface area (Å²) >= 11 is 0. The molecule has 1 aromatic carbocycles. The predicted molar refractivity (Wildman–Crippen MR) is 73.2 cm³/mol. The summed E-state index contributed by atoms with van der Waals surface area (Å²) in [4.78, 5) is 25.8. The number of fused-ring (bicyclic) bond motifs is 1. The standard InChI is InChI=1S/C14H16N2O4/c1-8(10-4-5-20-7-10)16-12-3-2-9(13(17)18)6-11(12)15-14(16)19/h2-3,6,8,10H,4-5,7H2,1H3,(H,15,19)(H,17,18). The van der Waals surface area contributed by atoms with E-state index in [0.717, 1.165) is 18.5 Å². The summed E-state index contributed by atoms with van der Waals surface area (Å²) in [5, 5.41) is 8.99. The minimum atomic E-state index is -1.00. The zero-order valence-corrected chi connectivity index (χ0v) is 11.1. The molecule has 2 aromatic rings. The number of ether oxygens (including phenoxy) is 1. The van der Waals surface area contributed by atoms with Gasteiger partial charge in [-0.2, -0.15) is 0 Å². The Morgan fingerprint density at radius 3 is 3.00 bits per heavy atom. The second kappa shape index (κ2) is 4.79. The van der Waals surface area contributed by atoms with Crippen LogP contribution in [-0.2, 0) is 4.74 Å². The Morgan fingerprint density at radius 2 is 2.35 bits per heavy atom. The lowest BCUT2D eigenvalue weighted by molar-refractivity contribution is 0.0697. The van der Waals surface area contributed by atoms with Crippen LogP contribution < -0.4 is 5.69 Å². The number of aromatic nitrogens is 2. The topological polar surface area (TPSA) is 84.3 Å². The second-order valence-corrected chi connectivity index (χ2v) is 5.20. The van der Waals surface area contributed by atoms with Crippen LogP contribution >= 0.6 is 0 Å². The third-order valence-electron chi connectivity index (χ3n) is 4.02. The smallest absolute Gasteiger partial charge is 0.335 e. The van der Waals surface area contributed by atoms with Crippen molar-refractivity contribution in [1.82, 2.24) is 9.55 Å². The quantitative estimate of drug-likeness (QED) is 0.892. The van der Waals surface area contributed by atoms with E-state index in [1.807, 2.05) is 6.92 Å². The van der Waals surface area contributed by atoms with Crippen LogP contribution in [0.3, 0.4) is 0 Å². The van der Waals surface area contributed by atoms with E-state index in [0.29, 0.717) is 18.0 Å². The van der Waals surface area contributed by atoms with Gasteiger partial charge in [-0.05, 0) is 31.5 Å². The van der Waals surface area contributed by atoms with E-state index in [2.05, 4.69) is 4.98 Å². The van der Waals surface area contributed by atoms with Gasteiger partial charge in [0.2, 0.25) is 0 Å². The maximum atomic E-state index is 12.1. The molecule has 2 atom stereocenters. The molecule has 0 aliphatic carbocycles. The summed E-state index contributed by atoms with van der Waals surface area (Å²) in [6.45, 7) is 3.39. The molecular weight excluding hydrogens is 260 g/mol. The Balaban J connectivity index is 2.08. The van der Waals surface area contributed by atoms with Crippen molar-refractivity contribution < 1.29 is 14.6 Å². The predicted octanol–water partition coefficient (Wildman–Crippen LogP) is 1.63. The third kappa shape index (κ3) is 2.02. The lowest BCUT2D eigenvalue weighted by atomic mass is 10.0. The molecule has 0 bridgehead atoms. The number of carbonyl (C=O) groups is 1. The molecule has 1 fully saturated rings. The number of hydrogen-bond donors (Lipinski definition) is 2. The first-order valence-corrected chi connectivity index (χ1v) is 6.63. The molecule has 0 amide bonds. The highest BCUT2D eigenvalue weighted by atomic mass is 16.5. The molecule has 0 saturated carbocycles. The molecule has 1 aromatic heterocycles. The number of nitrogens with one attached hydrogen (secondary N) is 1. The van der Waals surface area contributed by atoms with E-state index in [1.165, 1.54) is 12.1 Å². The first kappa shape index (κ1) is 12.9. The van der Waals surface area contributed by atoms with E-state index in [1.54, 1.807) is 10.6 Å². The fraction of sp³-hybridized carbons (Fsp3) is 0.429. The largest absolute Gasteiger partial charge is 0.478 e. The fourth-order valence-corrected chi connectivity index (χ4v) is 2.81. The number of carboxylic acids is 1. The molecule has 0 radical (unpaired) electrons. The van der Waals surface area contributed by atoms with E-state index >= 15 is 0 Å². The summed E-state index contributed by atoms with van der Waals surface area (Å²) in [5.41, 5.74) is 1.25. The average Bonchev–Trinajstić information content (AvgIpc) is 3.03. The molecule has 1 saturated heterocycles. The highest BCUT2D eigenvalue weighted by Crippen LogP contribution is 2.27. The molecule has 2 unspecified atom stereocenters. The van der Waals surface area contributed by atoms with Crippen LogP contribution in [-0.4, -0.2) is 33.8 Å². The van der Waals surface area contributed by atoms with Crippen molar-refractivity contribution in [3.05, 3.63) is 34.2 Å². The van der Waals surface area contributed by atoms with Gasteiger partial charge in [0.1, 0.15) is 0 Å². The van der Waals surface area contributed by atoms with Gasteiger partial charge in [0.05, 0.1) is 23.2 Å². The van der Waals surface area contributed by atoms with Crippen molar-refractivity contribution in [3.8, 4) is 0 Å². The van der Waals surface area contributed by atoms with Crippen molar-refractivity contribution in [2.24, 2.45) is 5.92 Å². The van der Waals surface area contributed by atoms with Gasteiger partial charge in [-0.3, -0.25) is 4.57 Å². The molecule has 3 rings (SSSR count). The zero-order chi connectivity index (χ0) is 14.3. The first-order valence-electron chi connectivity index (χ1n) is 6.63. The Morgan fingerprint density at radius 1 is 1.55 bits per heavy atom. The summed E-state index contributed by atoms with van der Waals surface area (Å²) in [6, 6.07) is 4.72. The number of hydrogen-bond acceptors (Lipinski definition) is 3. The number of rotatable bonds is 3. The molecule has 106 valence electrons. The van der Waals surface area contributed by atoms with Crippen LogP contribution in [0.1, 0.15) is 29.7 Å². The number of H-pyrrole nitrogens is 1. The van der Waals surface area contributed by atoms with Crippen molar-refractivity contribution in [2.45, 2.75) is 19.4 Å². The normalized spacial score (nSPS) is 20.4. The number of aromatic amines is 1. The summed E-state index contributed by atoms with van der Waals surface area (Å²) in [6.07, 6.45) is 0.938. The maximum Gasteiger partial charge on any atom is 0.335 e. The van der Waals surface area contributed by atoms with E-state index in [-0.39, 0.29) is 17.3 Å². The van der Waals surface area contributed by atoms with Gasteiger partial charge in [0.25, 0.3) is 0 Å². The van der Waals surface area contributed by atoms with Gasteiger partial charge in [-0.25, -0.2) is 9.59 Å². The van der Waals surface area contributed by atoms with Crippen molar-refractivity contribution >= 4 is 17.0 Å². The molecule has 20 heavy (non-hydrogen) atoms. The molecule has 1 aliphatic rings. The Labute approximate surface area is 115 Å². The van der Waals surface area contributed by atoms with Crippen LogP contribution in [0.5, 0.6) is 0 Å². The Kier molecular flexibility index (Phi) is 3.10. The average molecular weight is 276 g/mol. The third-order valence-corrected chi connectivity index (χ3v) is 4.02. The highest BCUT2D eigenvalue weighted by molar-refractivity contribution is 5.92. The Bertz CT molecular complexity index is 710. The summed E-state index contributed by atoms with van der Waals surface area (Å²) in [7, 11) is 0. The molecule has 1 aliphatic heterocycles. The fourth-order valence-electron chi connectivity index (χ4n) is 2.81. The minimum Gasteiger partial charge on any atom is -0.478 e. The lowest BCUT2D eigenvalue weighted by Crippen LogP contribution is -2.26. The van der Waals surface area contributed by atoms with Gasteiger partial charge < -0.3 is 14.8 Å². The van der Waals surface area contributed by atoms with E-state index in [9.17, 15) is 9.59 Å². The number of carboxylic acid groups (broad SMARTS) is 1. The maximum absolute atomic E-state index is 12.1. The SMILES string of the molecule is CC(C1CCOC1)n1c(=O)[nH]c2cc(C(=O)O)ccc21. The van der Waals surface area contributed by atoms with Crippen LogP contribution in [0.25, 0.3) is 11.0 Å². The summed E-state index contributed by atoms with van der Waals surface area (Å²) in [5.74, 6) is -0.691. The van der Waals surface area contributed by atoms with E-state index < -0.39 is 5.97 Å². The number of nitrogens with zero attached hydrogens (tertiary/aromatic N) is 1. The van der Waals surface area contributed by atoms with Gasteiger partial charge in [0, 0.05) is 18.6 Å². The van der Waals surface area contributed by atoms with Crippen LogP contribution in [0.2, 0.25) is 0 Å². The van der Waals surface area contributed by atoms with Crippen LogP contribution in [0, 0.1) is 5.92 Å². The van der Waals surface area contributed by atoms with Gasteiger partial charge in [-0.15, -0.1) is 0 Å². The highest BCUT2D eigenvalue weighted by Gasteiger charge is 2.26. The van der Waals surface area contributed by atoms with E-state index in [4.69, 9.17) is 9.84 Å². The number of aromatic carboxylic acids is 1. The molecular formula is C14H16N2O4. The molecule has 0 spiro atoms. The number of imidazole rings is 1. The Hall–Kier alpha value is -2.08. The minimum absolute atomic E-state index is 0.0226. The van der Waals surface area contributed by atoms with Crippen molar-refractivity contribution in [1.29, 1.82) is 0 Å². The lowest BCUT2D eigenvalue weighted by Gasteiger charge is -2.19. The van der Waals surface area contributed by atoms with Gasteiger partial charge in [-0.1, -0.05) is 0 Å². The first-order chi connectivity index (χ1) is 9.58. The van der Waals surface area contributed by atoms with Gasteiger partial charge in [0.15, 0.2) is 0 Å². The van der Waals surface area contributed by atoms with Crippen molar-refractivity contribution in [2.75, 3.05) is 13.2 Å². The van der Waals surface area contributed by atoms with Crippen LogP contribution in [0.4, 0.5) is 0 Å². The molecule has 6 heteroatoms. The second-order valence-electron chi connectivity index (χ2n) is 5.20. The molecule has 2 heterocycles.